The Balaban J connectivity index is 2.04. The van der Waals surface area contributed by atoms with Gasteiger partial charge in [0.1, 0.15) is 0 Å². The molecule has 3 atom stereocenters. The normalized spacial score (nSPS) is 39.6. The number of nitrogens with one attached hydrogen (secondary N) is 1. The fourth-order valence-corrected chi connectivity index (χ4v) is 1.94. The lowest BCUT2D eigenvalue weighted by Crippen LogP contribution is -2.40. The van der Waals surface area contributed by atoms with E-state index in [1.54, 1.807) is 0 Å². The number of hydrogen-bond acceptors (Lipinski definition) is 4. The van der Waals surface area contributed by atoms with Crippen molar-refractivity contribution in [2.75, 3.05) is 20.2 Å². The third-order valence-corrected chi connectivity index (χ3v) is 2.55. The van der Waals surface area contributed by atoms with Crippen LogP contribution in [0.3, 0.4) is 0 Å². The summed E-state index contributed by atoms with van der Waals surface area (Å²) in [5, 5.41) is 3.22. The number of esters is 1. The van der Waals surface area contributed by atoms with Crippen LogP contribution in [0.15, 0.2) is 0 Å². The van der Waals surface area contributed by atoms with Gasteiger partial charge >= 0.3 is 5.97 Å². The van der Waals surface area contributed by atoms with E-state index in [0.29, 0.717) is 0 Å². The van der Waals surface area contributed by atoms with Crippen LogP contribution in [0.5, 0.6) is 0 Å². The van der Waals surface area contributed by atoms with Crippen molar-refractivity contribution in [3.05, 3.63) is 0 Å². The molecule has 0 aromatic heterocycles. The van der Waals surface area contributed by atoms with Gasteiger partial charge < -0.3 is 14.8 Å². The lowest BCUT2D eigenvalue weighted by Gasteiger charge is -2.21. The topological polar surface area (TPSA) is 47.6 Å². The summed E-state index contributed by atoms with van der Waals surface area (Å²) < 4.78 is 10.3. The number of hydrogen-bond donors (Lipinski definition) is 1. The van der Waals surface area contributed by atoms with Crippen molar-refractivity contribution in [2.45, 2.75) is 18.6 Å². The van der Waals surface area contributed by atoms with Crippen molar-refractivity contribution in [3.8, 4) is 0 Å². The van der Waals surface area contributed by atoms with Crippen molar-refractivity contribution in [1.82, 2.24) is 5.32 Å². The van der Waals surface area contributed by atoms with Crippen molar-refractivity contribution in [1.29, 1.82) is 0 Å². The second-order valence-electron chi connectivity index (χ2n) is 3.32. The number of carbonyl (C=O) groups excluding carboxylic acids is 1. The maximum Gasteiger partial charge on any atom is 0.311 e. The fourth-order valence-electron chi connectivity index (χ4n) is 1.94. The lowest BCUT2D eigenvalue weighted by molar-refractivity contribution is -0.147. The average molecular weight is 171 g/mol. The molecule has 4 heteroatoms. The predicted octanol–water partition coefficient (Wildman–Crippen LogP) is -0.464. The summed E-state index contributed by atoms with van der Waals surface area (Å²) in [5.41, 5.74) is 0. The Kier molecular flexibility index (Phi) is 2.02. The number of carbonyl (C=O) groups is 1. The summed E-state index contributed by atoms with van der Waals surface area (Å²) >= 11 is 0. The molecule has 0 spiro atoms. The molecule has 2 aliphatic heterocycles. The lowest BCUT2D eigenvalue weighted by atomic mass is 10.0. The van der Waals surface area contributed by atoms with Crippen LogP contribution in [-0.2, 0) is 14.3 Å². The summed E-state index contributed by atoms with van der Waals surface area (Å²) in [6.45, 7) is 1.64. The number of rotatable bonds is 1. The molecule has 2 heterocycles. The molecule has 1 N–H and O–H groups in total. The van der Waals surface area contributed by atoms with Gasteiger partial charge in [-0.3, -0.25) is 4.79 Å². The molecule has 2 rings (SSSR count). The second kappa shape index (κ2) is 3.03. The minimum atomic E-state index is -0.133. The van der Waals surface area contributed by atoms with Gasteiger partial charge in [-0.2, -0.15) is 0 Å². The molecule has 2 saturated heterocycles. The first-order valence-electron chi connectivity index (χ1n) is 4.25. The third kappa shape index (κ3) is 1.21. The Labute approximate surface area is 71.2 Å². The van der Waals surface area contributed by atoms with E-state index in [4.69, 9.17) is 9.47 Å². The van der Waals surface area contributed by atoms with Gasteiger partial charge in [0.25, 0.3) is 0 Å². The van der Waals surface area contributed by atoms with Gasteiger partial charge in [0.15, 0.2) is 0 Å². The highest BCUT2D eigenvalue weighted by Crippen LogP contribution is 2.29. The molecule has 12 heavy (non-hydrogen) atoms. The van der Waals surface area contributed by atoms with Crippen LogP contribution in [0.1, 0.15) is 6.42 Å². The van der Waals surface area contributed by atoms with Crippen LogP contribution in [0, 0.1) is 5.92 Å². The molecule has 0 saturated carbocycles. The van der Waals surface area contributed by atoms with Crippen LogP contribution < -0.4 is 5.32 Å². The zero-order valence-corrected chi connectivity index (χ0v) is 7.08. The Morgan fingerprint density at radius 1 is 1.58 bits per heavy atom. The molecule has 0 radical (unpaired) electrons. The van der Waals surface area contributed by atoms with Crippen molar-refractivity contribution in [3.63, 3.8) is 0 Å². The van der Waals surface area contributed by atoms with Crippen molar-refractivity contribution in [2.24, 2.45) is 5.92 Å². The van der Waals surface area contributed by atoms with Gasteiger partial charge in [0.05, 0.1) is 25.2 Å². The quantitative estimate of drug-likeness (QED) is 0.542. The van der Waals surface area contributed by atoms with Gasteiger partial charge in [-0.25, -0.2) is 0 Å². The van der Waals surface area contributed by atoms with E-state index in [9.17, 15) is 4.79 Å². The zero-order chi connectivity index (χ0) is 8.55. The molecule has 4 nitrogen and oxygen atoms in total. The second-order valence-corrected chi connectivity index (χ2v) is 3.32. The number of fused-ring (bicyclic) bond motifs is 2. The van der Waals surface area contributed by atoms with E-state index in [2.05, 4.69) is 5.32 Å². The summed E-state index contributed by atoms with van der Waals surface area (Å²) in [5.74, 6) is -0.179. The third-order valence-electron chi connectivity index (χ3n) is 2.55. The first-order chi connectivity index (χ1) is 5.81. The SMILES string of the molecule is COC(=O)C1CC2CNCC1O2. The Morgan fingerprint density at radius 2 is 2.42 bits per heavy atom. The monoisotopic (exact) mass is 171 g/mol. The molecule has 2 bridgehead atoms. The van der Waals surface area contributed by atoms with Gasteiger partial charge in [0, 0.05) is 13.1 Å². The summed E-state index contributed by atoms with van der Waals surface area (Å²) in [7, 11) is 1.43. The molecule has 0 amide bonds. The number of methoxy groups -OCH3 is 1. The van der Waals surface area contributed by atoms with Gasteiger partial charge in [0.2, 0.25) is 0 Å². The molecular weight excluding hydrogens is 158 g/mol. The zero-order valence-electron chi connectivity index (χ0n) is 7.08. The van der Waals surface area contributed by atoms with Crippen LogP contribution in [0.25, 0.3) is 0 Å². The highest BCUT2D eigenvalue weighted by atomic mass is 16.5. The molecule has 0 aromatic rings. The molecule has 0 aromatic carbocycles. The van der Waals surface area contributed by atoms with Crippen LogP contribution in [0.2, 0.25) is 0 Å². The Bertz CT molecular complexity index is 195. The first-order valence-corrected chi connectivity index (χ1v) is 4.25. The molecule has 68 valence electrons. The molecule has 2 fully saturated rings. The van der Waals surface area contributed by atoms with E-state index in [1.807, 2.05) is 0 Å². The van der Waals surface area contributed by atoms with Gasteiger partial charge in [-0.1, -0.05) is 0 Å². The largest absolute Gasteiger partial charge is 0.469 e. The van der Waals surface area contributed by atoms with E-state index in [1.165, 1.54) is 7.11 Å². The standard InChI is InChI=1S/C8H13NO3/c1-11-8(10)6-2-5-3-9-4-7(6)12-5/h5-7,9H,2-4H2,1H3. The fraction of sp³-hybridized carbons (Fsp3) is 0.875. The maximum absolute atomic E-state index is 11.2. The molecular formula is C8H13NO3. The Morgan fingerprint density at radius 3 is 3.08 bits per heavy atom. The van der Waals surface area contributed by atoms with Crippen LogP contribution in [0.4, 0.5) is 0 Å². The van der Waals surface area contributed by atoms with Crippen molar-refractivity contribution < 1.29 is 14.3 Å². The van der Waals surface area contributed by atoms with E-state index in [-0.39, 0.29) is 24.1 Å². The summed E-state index contributed by atoms with van der Waals surface area (Å²) in [6.07, 6.45) is 1.06. The minimum Gasteiger partial charge on any atom is -0.469 e. The van der Waals surface area contributed by atoms with E-state index < -0.39 is 0 Å². The summed E-state index contributed by atoms with van der Waals surface area (Å²) in [4.78, 5) is 11.2. The van der Waals surface area contributed by atoms with Gasteiger partial charge in [-0.15, -0.1) is 0 Å². The first kappa shape index (κ1) is 8.01. The molecule has 3 unspecified atom stereocenters. The molecule has 0 aliphatic carbocycles. The number of ether oxygens (including phenoxy) is 2. The molecule has 2 aliphatic rings. The van der Waals surface area contributed by atoms with E-state index >= 15 is 0 Å². The maximum atomic E-state index is 11.2. The summed E-state index contributed by atoms with van der Waals surface area (Å²) in [6, 6.07) is 0. The van der Waals surface area contributed by atoms with Crippen LogP contribution >= 0.6 is 0 Å². The van der Waals surface area contributed by atoms with Crippen LogP contribution in [-0.4, -0.2) is 38.4 Å². The van der Waals surface area contributed by atoms with E-state index in [0.717, 1.165) is 19.5 Å². The average Bonchev–Trinajstić information content (AvgIpc) is 2.40. The highest BCUT2D eigenvalue weighted by Gasteiger charge is 2.42. The predicted molar refractivity (Wildman–Crippen MR) is 41.7 cm³/mol. The minimum absolute atomic E-state index is 0.0381. The smallest absolute Gasteiger partial charge is 0.311 e. The van der Waals surface area contributed by atoms with Crippen molar-refractivity contribution >= 4 is 5.97 Å². The van der Waals surface area contributed by atoms with Gasteiger partial charge in [-0.05, 0) is 6.42 Å². The Hall–Kier alpha value is -0.610. The number of morpholine rings is 1. The highest BCUT2D eigenvalue weighted by molar-refractivity contribution is 5.73.